The minimum Gasteiger partial charge on any atom is -0.461 e. The number of nitrogens with one attached hydrogen (secondary N) is 2. The molecule has 1 aromatic rings. The Hall–Kier alpha value is -5.02. The van der Waals surface area contributed by atoms with Crippen LogP contribution in [0.3, 0.4) is 0 Å². The Kier molecular flexibility index (Phi) is 13.9. The highest BCUT2D eigenvalue weighted by Gasteiger charge is 2.45. The van der Waals surface area contributed by atoms with Crippen molar-refractivity contribution in [2.24, 2.45) is 10.9 Å². The van der Waals surface area contributed by atoms with Gasteiger partial charge in [0.1, 0.15) is 54.2 Å². The molecule has 4 heterocycles. The topological polar surface area (TPSA) is 175 Å². The average molecular weight is 769 g/mol. The Morgan fingerprint density at radius 1 is 0.945 bits per heavy atom. The zero-order valence-corrected chi connectivity index (χ0v) is 31.6. The van der Waals surface area contributed by atoms with Gasteiger partial charge in [-0.3, -0.25) is 28.8 Å². The van der Waals surface area contributed by atoms with Crippen LogP contribution in [0.25, 0.3) is 0 Å². The van der Waals surface area contributed by atoms with Crippen LogP contribution in [0, 0.1) is 17.6 Å². The van der Waals surface area contributed by atoms with E-state index in [2.05, 4.69) is 15.6 Å². The van der Waals surface area contributed by atoms with Crippen LogP contribution in [-0.2, 0) is 44.7 Å². The normalized spacial score (nSPS) is 26.0. The molecular weight excluding hydrogens is 718 g/mol. The van der Waals surface area contributed by atoms with Crippen molar-refractivity contribution in [3.05, 3.63) is 47.5 Å². The van der Waals surface area contributed by atoms with E-state index in [-0.39, 0.29) is 56.1 Å². The summed E-state index contributed by atoms with van der Waals surface area (Å²) in [7, 11) is 0. The fourth-order valence-corrected chi connectivity index (χ4v) is 7.73. The van der Waals surface area contributed by atoms with Gasteiger partial charge in [0.05, 0.1) is 0 Å². The molecule has 4 aliphatic heterocycles. The minimum atomic E-state index is -1.56. The van der Waals surface area contributed by atoms with E-state index < -0.39 is 89.9 Å². The second-order valence-electron chi connectivity index (χ2n) is 14.9. The Labute approximate surface area is 319 Å². The molecule has 55 heavy (non-hydrogen) atoms. The summed E-state index contributed by atoms with van der Waals surface area (Å²) in [6.07, 6.45) is 7.39. The molecule has 14 nitrogen and oxygen atoms in total. The molecule has 0 aromatic heterocycles. The summed E-state index contributed by atoms with van der Waals surface area (Å²) in [5.41, 5.74) is -0.0744. The van der Waals surface area contributed by atoms with Gasteiger partial charge in [0, 0.05) is 32.1 Å². The summed E-state index contributed by atoms with van der Waals surface area (Å²) in [5, 5.41) is 5.15. The standard InChI is InChI=1S/C39H50F2N6O8/c1-4-5-6-7-13-33(48)43-28(19-25-17-26(40)20-27(41)18-25)34(49)44-29-22-55-39(54)32-16-23(2)21-47(32)36(51)24(3)42-35(50)30-11-8-9-14-45(30)38(53)31-12-10-15-46(31)37(29)52/h7,13,17-18,20,23,28-32H,4-6,8-12,14-16,19,21-22H2,1-3H3,(H,43,48)(H,44,49)/b13-7+,42-24?/t23-,28+,29+,30+,31+,32+/m1/s1. The van der Waals surface area contributed by atoms with Gasteiger partial charge in [-0.1, -0.05) is 32.8 Å². The van der Waals surface area contributed by atoms with Crippen molar-refractivity contribution in [1.29, 1.82) is 0 Å². The van der Waals surface area contributed by atoms with Crippen LogP contribution in [0.5, 0.6) is 0 Å². The van der Waals surface area contributed by atoms with Gasteiger partial charge in [-0.15, -0.1) is 0 Å². The van der Waals surface area contributed by atoms with Gasteiger partial charge in [0.2, 0.25) is 23.6 Å². The van der Waals surface area contributed by atoms with Crippen molar-refractivity contribution >= 4 is 47.1 Å². The molecule has 6 amide bonds. The molecule has 2 N–H and O–H groups in total. The number of carbonyl (C=O) groups excluding carboxylic acids is 7. The number of aliphatic imine (C=N–C) groups is 1. The Morgan fingerprint density at radius 3 is 2.36 bits per heavy atom. The minimum absolute atomic E-state index is 0.0541. The number of ether oxygens (including phenoxy) is 1. The first-order valence-corrected chi connectivity index (χ1v) is 19.2. The number of halogens is 2. The zero-order chi connectivity index (χ0) is 39.8. The number of cyclic esters (lactones) is 1. The van der Waals surface area contributed by atoms with Crippen LogP contribution in [0.2, 0.25) is 0 Å². The number of nitrogens with zero attached hydrogens (tertiary/aromatic N) is 4. The lowest BCUT2D eigenvalue weighted by Crippen LogP contribution is -2.60. The first-order valence-electron chi connectivity index (χ1n) is 19.2. The van der Waals surface area contributed by atoms with Crippen LogP contribution in [0.1, 0.15) is 84.1 Å². The largest absolute Gasteiger partial charge is 0.461 e. The predicted octanol–water partition coefficient (Wildman–Crippen LogP) is 2.38. The highest BCUT2D eigenvalue weighted by molar-refractivity contribution is 6.39. The monoisotopic (exact) mass is 768 g/mol. The van der Waals surface area contributed by atoms with E-state index in [0.717, 1.165) is 25.0 Å². The summed E-state index contributed by atoms with van der Waals surface area (Å²) >= 11 is 0. The fraction of sp³-hybridized carbons (Fsp3) is 0.590. The molecule has 0 unspecified atom stereocenters. The molecule has 1 aromatic carbocycles. The van der Waals surface area contributed by atoms with E-state index in [9.17, 15) is 42.3 Å². The third-order valence-electron chi connectivity index (χ3n) is 10.5. The number of fused-ring (bicyclic) bond motifs is 3. The summed E-state index contributed by atoms with van der Waals surface area (Å²) in [6.45, 7) is 5.10. The van der Waals surface area contributed by atoms with Crippen LogP contribution in [0.4, 0.5) is 8.78 Å². The third-order valence-corrected chi connectivity index (χ3v) is 10.5. The number of amides is 6. The van der Waals surface area contributed by atoms with E-state index in [1.807, 2.05) is 13.8 Å². The summed E-state index contributed by atoms with van der Waals surface area (Å²) in [5.74, 6) is -6.83. The quantitative estimate of drug-likeness (QED) is 0.219. The molecule has 5 rings (SSSR count). The van der Waals surface area contributed by atoms with Crippen molar-refractivity contribution in [3.8, 4) is 0 Å². The molecule has 6 atom stereocenters. The summed E-state index contributed by atoms with van der Waals surface area (Å²) in [4.78, 5) is 104. The lowest BCUT2D eigenvalue weighted by molar-refractivity contribution is -0.156. The molecular formula is C39H50F2N6O8. The molecule has 0 radical (unpaired) electrons. The molecule has 3 saturated heterocycles. The van der Waals surface area contributed by atoms with Crippen molar-refractivity contribution in [1.82, 2.24) is 25.3 Å². The van der Waals surface area contributed by atoms with Crippen molar-refractivity contribution in [2.45, 2.75) is 115 Å². The van der Waals surface area contributed by atoms with E-state index in [1.165, 1.54) is 27.7 Å². The first-order chi connectivity index (χ1) is 26.3. The maximum Gasteiger partial charge on any atom is 0.328 e. The van der Waals surface area contributed by atoms with Gasteiger partial charge in [-0.25, -0.2) is 18.6 Å². The van der Waals surface area contributed by atoms with Crippen LogP contribution < -0.4 is 10.6 Å². The highest BCUT2D eigenvalue weighted by atomic mass is 19.1. The highest BCUT2D eigenvalue weighted by Crippen LogP contribution is 2.28. The summed E-state index contributed by atoms with van der Waals surface area (Å²) < 4.78 is 34.0. The van der Waals surface area contributed by atoms with Gasteiger partial charge >= 0.3 is 5.97 Å². The number of benzene rings is 1. The van der Waals surface area contributed by atoms with E-state index in [1.54, 1.807) is 6.08 Å². The molecule has 0 saturated carbocycles. The number of allylic oxidation sites excluding steroid dienone is 1. The van der Waals surface area contributed by atoms with E-state index >= 15 is 0 Å². The summed E-state index contributed by atoms with van der Waals surface area (Å²) in [6, 6.07) is -3.30. The van der Waals surface area contributed by atoms with Crippen LogP contribution >= 0.6 is 0 Å². The van der Waals surface area contributed by atoms with Gasteiger partial charge in [-0.05, 0) is 81.6 Å². The second-order valence-corrected chi connectivity index (χ2v) is 14.9. The number of unbranched alkanes of at least 4 members (excludes halogenated alkanes) is 2. The maximum atomic E-state index is 14.4. The SMILES string of the molecule is CCCC/C=C/C(=O)N[C@@H](Cc1cc(F)cc(F)c1)C(=O)N[C@H]1COC(=O)[C@@H]2C[C@@H](C)CN2C(=O)C(C)=NC(=O)[C@@H]2CCCCN2C(=O)[C@@H]2CCCN2C1=O. The lowest BCUT2D eigenvalue weighted by atomic mass is 9.99. The van der Waals surface area contributed by atoms with Crippen LogP contribution in [-0.4, -0.2) is 118 Å². The maximum absolute atomic E-state index is 14.4. The van der Waals surface area contributed by atoms with Gasteiger partial charge in [0.15, 0.2) is 0 Å². The van der Waals surface area contributed by atoms with Crippen molar-refractivity contribution in [3.63, 3.8) is 0 Å². The first kappa shape index (κ1) is 41.1. The van der Waals surface area contributed by atoms with Crippen LogP contribution in [0.15, 0.2) is 35.3 Å². The number of piperidine rings is 1. The molecule has 16 heteroatoms. The van der Waals surface area contributed by atoms with Crippen molar-refractivity contribution < 1.29 is 47.1 Å². The fourth-order valence-electron chi connectivity index (χ4n) is 7.73. The van der Waals surface area contributed by atoms with E-state index in [4.69, 9.17) is 4.74 Å². The van der Waals surface area contributed by atoms with E-state index in [0.29, 0.717) is 38.2 Å². The number of rotatable bonds is 9. The second kappa shape index (κ2) is 18.5. The number of hydrogen-bond acceptors (Lipinski definition) is 8. The number of carbonyl (C=O) groups is 7. The Morgan fingerprint density at radius 2 is 1.64 bits per heavy atom. The number of hydrogen-bond donors (Lipinski definition) is 2. The number of esters is 1. The third kappa shape index (κ3) is 10.2. The smallest absolute Gasteiger partial charge is 0.328 e. The van der Waals surface area contributed by atoms with Gasteiger partial charge in [0.25, 0.3) is 11.8 Å². The Bertz CT molecular complexity index is 1710. The average Bonchev–Trinajstić information content (AvgIpc) is 3.80. The predicted molar refractivity (Wildman–Crippen MR) is 195 cm³/mol. The molecule has 298 valence electrons. The molecule has 0 aliphatic carbocycles. The molecule has 3 fully saturated rings. The molecule has 0 bridgehead atoms. The Balaban J connectivity index is 1.48. The van der Waals surface area contributed by atoms with Gasteiger partial charge < -0.3 is 30.1 Å². The van der Waals surface area contributed by atoms with Crippen molar-refractivity contribution in [2.75, 3.05) is 26.2 Å². The molecule has 0 spiro atoms. The van der Waals surface area contributed by atoms with Gasteiger partial charge in [-0.2, -0.15) is 0 Å². The molecule has 4 aliphatic rings. The zero-order valence-electron chi connectivity index (χ0n) is 31.6. The lowest BCUT2D eigenvalue weighted by Gasteiger charge is -2.38.